The Bertz CT molecular complexity index is 1390. The van der Waals surface area contributed by atoms with E-state index in [-0.39, 0.29) is 23.7 Å². The highest BCUT2D eigenvalue weighted by Crippen LogP contribution is 2.46. The van der Waals surface area contributed by atoms with Gasteiger partial charge < -0.3 is 25.0 Å². The molecule has 1 aromatic carbocycles. The van der Waals surface area contributed by atoms with Crippen LogP contribution in [0.2, 0.25) is 10.0 Å². The molecule has 1 saturated heterocycles. The second-order valence-corrected chi connectivity index (χ2v) is 9.75. The molecule has 9 nitrogen and oxygen atoms in total. The van der Waals surface area contributed by atoms with E-state index in [4.69, 9.17) is 37.7 Å². The largest absolute Gasteiger partial charge is 0.495 e. The van der Waals surface area contributed by atoms with Crippen molar-refractivity contribution in [1.29, 1.82) is 0 Å². The lowest BCUT2D eigenvalue weighted by Crippen LogP contribution is -2.31. The van der Waals surface area contributed by atoms with Crippen molar-refractivity contribution in [3.05, 3.63) is 47.1 Å². The predicted octanol–water partition coefficient (Wildman–Crippen LogP) is 5.07. The van der Waals surface area contributed by atoms with Gasteiger partial charge in [0.2, 0.25) is 5.91 Å². The van der Waals surface area contributed by atoms with Gasteiger partial charge in [-0.05, 0) is 18.2 Å². The van der Waals surface area contributed by atoms with Gasteiger partial charge in [0.25, 0.3) is 0 Å². The molecular formula is C27H29Cl2N5O4. The number of benzene rings is 1. The highest BCUT2D eigenvalue weighted by Gasteiger charge is 2.35. The first kappa shape index (κ1) is 27.5. The molecule has 0 bridgehead atoms. The van der Waals surface area contributed by atoms with Gasteiger partial charge in [-0.3, -0.25) is 9.59 Å². The number of likely N-dealkylation sites (tertiary alicyclic amines) is 1. The van der Waals surface area contributed by atoms with Crippen LogP contribution in [0.3, 0.4) is 0 Å². The van der Waals surface area contributed by atoms with Crippen LogP contribution in [0.4, 0.5) is 11.6 Å². The summed E-state index contributed by atoms with van der Waals surface area (Å²) in [5.41, 5.74) is 1.00. The smallest absolute Gasteiger partial charge is 0.219 e. The molecule has 1 aliphatic heterocycles. The molecular weight excluding hydrogens is 529 g/mol. The fourth-order valence-corrected chi connectivity index (χ4v) is 5.38. The number of allylic oxidation sites excluding steroid dienone is 1. The van der Waals surface area contributed by atoms with Gasteiger partial charge >= 0.3 is 0 Å². The third kappa shape index (κ3) is 5.35. The van der Waals surface area contributed by atoms with E-state index in [1.165, 1.54) is 27.2 Å². The predicted molar refractivity (Wildman–Crippen MR) is 151 cm³/mol. The Morgan fingerprint density at radius 1 is 1.16 bits per heavy atom. The number of hydrogen-bond acceptors (Lipinski definition) is 8. The normalized spacial score (nSPS) is 16.8. The number of carbonyl (C=O) groups is 2. The molecule has 200 valence electrons. The quantitative estimate of drug-likeness (QED) is 0.351. The number of rotatable bonds is 9. The number of ketones is 1. The Hall–Kier alpha value is -3.56. The maximum atomic E-state index is 12.1. The first-order valence-electron chi connectivity index (χ1n) is 12.0. The third-order valence-electron chi connectivity index (χ3n) is 6.69. The molecule has 0 spiro atoms. The summed E-state index contributed by atoms with van der Waals surface area (Å²) in [4.78, 5) is 35.2. The van der Waals surface area contributed by atoms with Gasteiger partial charge in [-0.1, -0.05) is 29.8 Å². The van der Waals surface area contributed by atoms with Crippen LogP contribution in [0.1, 0.15) is 13.3 Å². The molecule has 0 unspecified atom stereocenters. The summed E-state index contributed by atoms with van der Waals surface area (Å²) in [7, 11) is 4.80. The molecule has 1 amide bonds. The minimum absolute atomic E-state index is 0.0301. The van der Waals surface area contributed by atoms with Crippen LogP contribution in [-0.2, 0) is 9.59 Å². The maximum Gasteiger partial charge on any atom is 0.219 e. The van der Waals surface area contributed by atoms with Gasteiger partial charge in [-0.15, -0.1) is 0 Å². The average Bonchev–Trinajstić information content (AvgIpc) is 3.30. The number of nitrogens with one attached hydrogen (secondary N) is 2. The van der Waals surface area contributed by atoms with E-state index in [0.717, 1.165) is 10.8 Å². The fraction of sp³-hybridized carbons (Fsp3) is 0.333. The van der Waals surface area contributed by atoms with Crippen molar-refractivity contribution in [3.8, 4) is 22.8 Å². The Balaban J connectivity index is 1.72. The summed E-state index contributed by atoms with van der Waals surface area (Å²) >= 11 is 13.3. The number of hydrogen-bond donors (Lipinski definition) is 2. The maximum absolute atomic E-state index is 12.1. The van der Waals surface area contributed by atoms with Gasteiger partial charge in [0.1, 0.15) is 23.1 Å². The van der Waals surface area contributed by atoms with E-state index in [2.05, 4.69) is 22.2 Å². The van der Waals surface area contributed by atoms with Crippen molar-refractivity contribution >= 4 is 57.3 Å². The lowest BCUT2D eigenvalue weighted by molar-refractivity contribution is -0.128. The van der Waals surface area contributed by atoms with Gasteiger partial charge in [-0.2, -0.15) is 0 Å². The molecule has 1 fully saturated rings. The molecule has 0 radical (unpaired) electrons. The number of fused-ring (bicyclic) bond motifs is 1. The molecule has 0 saturated carbocycles. The zero-order chi connectivity index (χ0) is 27.6. The molecule has 3 aromatic rings. The number of methoxy groups -OCH3 is 2. The summed E-state index contributed by atoms with van der Waals surface area (Å²) in [6.45, 7) is 6.08. The van der Waals surface area contributed by atoms with E-state index in [1.807, 2.05) is 12.1 Å². The topological polar surface area (TPSA) is 106 Å². The lowest BCUT2D eigenvalue weighted by atomic mass is 9.97. The van der Waals surface area contributed by atoms with E-state index in [1.54, 1.807) is 24.2 Å². The standard InChI is InChI=1S/C27H29Cl2N5O4/c1-6-17(36)7-16-12-34(14(2)35)13-20(16)32-23-9-18-15(11-31-23)8-19(33-27(18)30-3)24-25(28)21(37-4)10-22(38-5)26(24)29/h6,8-11,16,20H,1,7,12-13H2,2-5H3,(H,30,33)(H,31,32)/t16-,20+/m0/s1. The van der Waals surface area contributed by atoms with Gasteiger partial charge in [-0.25, -0.2) is 9.97 Å². The van der Waals surface area contributed by atoms with E-state index in [9.17, 15) is 9.59 Å². The van der Waals surface area contributed by atoms with Gasteiger partial charge in [0.05, 0.1) is 36.0 Å². The van der Waals surface area contributed by atoms with Gasteiger partial charge in [0, 0.05) is 68.0 Å². The third-order valence-corrected chi connectivity index (χ3v) is 7.44. The van der Waals surface area contributed by atoms with Crippen LogP contribution in [0.5, 0.6) is 11.5 Å². The Morgan fingerprint density at radius 2 is 1.84 bits per heavy atom. The number of nitrogens with zero attached hydrogens (tertiary/aromatic N) is 3. The van der Waals surface area contributed by atoms with Crippen molar-refractivity contribution in [2.24, 2.45) is 5.92 Å². The van der Waals surface area contributed by atoms with E-state index >= 15 is 0 Å². The summed E-state index contributed by atoms with van der Waals surface area (Å²) in [5, 5.41) is 8.80. The summed E-state index contributed by atoms with van der Waals surface area (Å²) < 4.78 is 10.8. The number of amides is 1. The van der Waals surface area contributed by atoms with Crippen molar-refractivity contribution in [2.75, 3.05) is 45.0 Å². The molecule has 1 aliphatic rings. The van der Waals surface area contributed by atoms with Crippen LogP contribution in [-0.4, -0.2) is 67.0 Å². The van der Waals surface area contributed by atoms with Crippen LogP contribution < -0.4 is 20.1 Å². The van der Waals surface area contributed by atoms with Crippen LogP contribution in [0, 0.1) is 5.92 Å². The zero-order valence-electron chi connectivity index (χ0n) is 21.6. The minimum Gasteiger partial charge on any atom is -0.495 e. The first-order valence-corrected chi connectivity index (χ1v) is 12.7. The zero-order valence-corrected chi connectivity index (χ0v) is 23.1. The van der Waals surface area contributed by atoms with Crippen molar-refractivity contribution < 1.29 is 19.1 Å². The van der Waals surface area contributed by atoms with Gasteiger partial charge in [0.15, 0.2) is 5.78 Å². The minimum atomic E-state index is -0.139. The number of ether oxygens (including phenoxy) is 2. The number of anilines is 2. The molecule has 2 atom stereocenters. The first-order chi connectivity index (χ1) is 18.2. The highest BCUT2D eigenvalue weighted by molar-refractivity contribution is 6.41. The second-order valence-electron chi connectivity index (χ2n) is 8.99. The summed E-state index contributed by atoms with van der Waals surface area (Å²) in [5.74, 6) is 1.87. The summed E-state index contributed by atoms with van der Waals surface area (Å²) in [6, 6.07) is 5.22. The number of carbonyl (C=O) groups excluding carboxylic acids is 2. The van der Waals surface area contributed by atoms with Crippen LogP contribution in [0.15, 0.2) is 37.1 Å². The number of pyridine rings is 2. The molecule has 4 rings (SSSR count). The van der Waals surface area contributed by atoms with Crippen molar-refractivity contribution in [2.45, 2.75) is 19.4 Å². The Kier molecular flexibility index (Phi) is 8.28. The van der Waals surface area contributed by atoms with Crippen molar-refractivity contribution in [3.63, 3.8) is 0 Å². The van der Waals surface area contributed by atoms with Crippen LogP contribution in [0.25, 0.3) is 22.0 Å². The lowest BCUT2D eigenvalue weighted by Gasteiger charge is -2.20. The fourth-order valence-electron chi connectivity index (χ4n) is 4.68. The second kappa shape index (κ2) is 11.4. The molecule has 11 heteroatoms. The number of halogens is 2. The highest BCUT2D eigenvalue weighted by atomic mass is 35.5. The SMILES string of the molecule is C=CC(=O)C[C@H]1CN(C(C)=O)C[C@H]1Nc1cc2c(NC)nc(-c3c(Cl)c(OC)cc(OC)c3Cl)cc2cn1. The Labute approximate surface area is 231 Å². The van der Waals surface area contributed by atoms with Crippen LogP contribution >= 0.6 is 23.2 Å². The van der Waals surface area contributed by atoms with Crippen molar-refractivity contribution in [1.82, 2.24) is 14.9 Å². The molecule has 2 aromatic heterocycles. The number of aromatic nitrogens is 2. The summed E-state index contributed by atoms with van der Waals surface area (Å²) in [6.07, 6.45) is 3.35. The molecule has 3 heterocycles. The molecule has 0 aliphatic carbocycles. The molecule has 2 N–H and O–H groups in total. The monoisotopic (exact) mass is 557 g/mol. The molecule has 38 heavy (non-hydrogen) atoms. The average molecular weight is 558 g/mol. The van der Waals surface area contributed by atoms with E-state index in [0.29, 0.717) is 63.9 Å². The Morgan fingerprint density at radius 3 is 2.42 bits per heavy atom. The van der Waals surface area contributed by atoms with E-state index < -0.39 is 0 Å².